The number of rotatable bonds is 5. The number of hydrogen-bond acceptors (Lipinski definition) is 4. The number of carbonyl (C=O) groups excluding carboxylic acids is 1. The lowest BCUT2D eigenvalue weighted by atomic mass is 10.2. The molecule has 0 saturated carbocycles. The van der Waals surface area contributed by atoms with E-state index in [1.165, 1.54) is 35.2 Å². The van der Waals surface area contributed by atoms with E-state index in [1.807, 2.05) is 6.07 Å². The van der Waals surface area contributed by atoms with E-state index in [0.29, 0.717) is 11.3 Å². The molecule has 0 aliphatic heterocycles. The number of benzene rings is 2. The molecule has 120 valence electrons. The molecule has 0 radical (unpaired) electrons. The van der Waals surface area contributed by atoms with Crippen LogP contribution in [0.2, 0.25) is 0 Å². The van der Waals surface area contributed by atoms with E-state index in [1.54, 1.807) is 30.3 Å². The van der Waals surface area contributed by atoms with Crippen molar-refractivity contribution in [1.82, 2.24) is 9.55 Å². The van der Waals surface area contributed by atoms with Gasteiger partial charge < -0.3 is 0 Å². The fourth-order valence-electron chi connectivity index (χ4n) is 2.16. The highest BCUT2D eigenvalue weighted by molar-refractivity contribution is 7.99. The molecule has 3 rings (SSSR count). The second-order valence-electron chi connectivity index (χ2n) is 4.97. The van der Waals surface area contributed by atoms with Gasteiger partial charge in [-0.2, -0.15) is 0 Å². The smallest absolute Gasteiger partial charge is 0.287 e. The van der Waals surface area contributed by atoms with E-state index in [4.69, 9.17) is 0 Å². The molecule has 6 heteroatoms. The number of hydrogen-bond donors (Lipinski definition) is 0. The summed E-state index contributed by atoms with van der Waals surface area (Å²) in [5, 5.41) is 0.200. The van der Waals surface area contributed by atoms with Crippen molar-refractivity contribution in [1.29, 1.82) is 0 Å². The second kappa shape index (κ2) is 7.23. The van der Waals surface area contributed by atoms with Crippen LogP contribution < -0.4 is 5.56 Å². The van der Waals surface area contributed by atoms with Crippen molar-refractivity contribution in [3.63, 3.8) is 0 Å². The Bertz CT molecular complexity index is 926. The van der Waals surface area contributed by atoms with Gasteiger partial charge in [-0.05, 0) is 18.2 Å². The van der Waals surface area contributed by atoms with Crippen LogP contribution in [0, 0.1) is 5.82 Å². The monoisotopic (exact) mass is 340 g/mol. The third-order valence-electron chi connectivity index (χ3n) is 3.33. The topological polar surface area (TPSA) is 52.0 Å². The molecule has 0 unspecified atom stereocenters. The van der Waals surface area contributed by atoms with Crippen LogP contribution in [0.1, 0.15) is 10.4 Å². The lowest BCUT2D eigenvalue weighted by molar-refractivity contribution is 0.102. The van der Waals surface area contributed by atoms with Crippen LogP contribution in [0.15, 0.2) is 76.8 Å². The van der Waals surface area contributed by atoms with Crippen LogP contribution in [0.5, 0.6) is 0 Å². The zero-order valence-corrected chi connectivity index (χ0v) is 13.4. The van der Waals surface area contributed by atoms with Crippen LogP contribution >= 0.6 is 11.8 Å². The first-order chi connectivity index (χ1) is 11.6. The Labute approximate surface area is 142 Å². The van der Waals surface area contributed by atoms with Crippen molar-refractivity contribution in [3.05, 3.63) is 88.7 Å². The van der Waals surface area contributed by atoms with Gasteiger partial charge in [-0.15, -0.1) is 0 Å². The summed E-state index contributed by atoms with van der Waals surface area (Å²) in [6, 6.07) is 14.6. The van der Waals surface area contributed by atoms with E-state index < -0.39 is 5.82 Å². The van der Waals surface area contributed by atoms with Gasteiger partial charge in [0.1, 0.15) is 5.82 Å². The van der Waals surface area contributed by atoms with E-state index in [2.05, 4.69) is 4.98 Å². The summed E-state index contributed by atoms with van der Waals surface area (Å²) in [6.45, 7) is 0. The fraction of sp³-hybridized carbons (Fsp3) is 0.0556. The maximum atomic E-state index is 13.3. The summed E-state index contributed by atoms with van der Waals surface area (Å²) in [5.41, 5.74) is 0.624. The SMILES string of the molecule is O=C(CSc1nccn(-c2cccc(F)c2)c1=O)c1ccccc1. The summed E-state index contributed by atoms with van der Waals surface area (Å²) in [4.78, 5) is 28.6. The highest BCUT2D eigenvalue weighted by Crippen LogP contribution is 2.15. The maximum Gasteiger partial charge on any atom is 0.287 e. The van der Waals surface area contributed by atoms with Crippen LogP contribution in [-0.4, -0.2) is 21.1 Å². The summed E-state index contributed by atoms with van der Waals surface area (Å²) in [6.07, 6.45) is 2.93. The number of Topliss-reactive ketones (excluding diaryl/α,β-unsaturated/α-hetero) is 1. The van der Waals surface area contributed by atoms with Gasteiger partial charge in [0, 0.05) is 18.0 Å². The van der Waals surface area contributed by atoms with E-state index in [-0.39, 0.29) is 22.1 Å². The summed E-state index contributed by atoms with van der Waals surface area (Å²) in [7, 11) is 0. The molecule has 0 saturated heterocycles. The Morgan fingerprint density at radius 3 is 2.67 bits per heavy atom. The Kier molecular flexibility index (Phi) is 4.86. The molecule has 0 aliphatic carbocycles. The molecule has 0 amide bonds. The van der Waals surface area contributed by atoms with Gasteiger partial charge >= 0.3 is 0 Å². The predicted octanol–water partition coefficient (Wildman–Crippen LogP) is 3.35. The summed E-state index contributed by atoms with van der Waals surface area (Å²) < 4.78 is 14.7. The quantitative estimate of drug-likeness (QED) is 0.528. The van der Waals surface area contributed by atoms with Gasteiger partial charge in [-0.1, -0.05) is 48.2 Å². The molecule has 0 atom stereocenters. The third-order valence-corrected chi connectivity index (χ3v) is 4.29. The van der Waals surface area contributed by atoms with Gasteiger partial charge in [0.15, 0.2) is 10.8 Å². The zero-order chi connectivity index (χ0) is 16.9. The first-order valence-electron chi connectivity index (χ1n) is 7.20. The highest BCUT2D eigenvalue weighted by atomic mass is 32.2. The molecular formula is C18H13FN2O2S. The Hall–Kier alpha value is -2.73. The Morgan fingerprint density at radius 1 is 1.12 bits per heavy atom. The molecule has 1 aromatic heterocycles. The van der Waals surface area contributed by atoms with Crippen LogP contribution in [-0.2, 0) is 0 Å². The number of nitrogens with zero attached hydrogens (tertiary/aromatic N) is 2. The third kappa shape index (κ3) is 3.60. The van der Waals surface area contributed by atoms with Crippen molar-refractivity contribution in [2.75, 3.05) is 5.75 Å². The van der Waals surface area contributed by atoms with E-state index in [0.717, 1.165) is 11.8 Å². The summed E-state index contributed by atoms with van der Waals surface area (Å²) in [5.74, 6) is -0.396. The molecule has 0 aliphatic rings. The first kappa shape index (κ1) is 16.1. The number of carbonyl (C=O) groups is 1. The second-order valence-corrected chi connectivity index (χ2v) is 5.93. The lowest BCUT2D eigenvalue weighted by Crippen LogP contribution is -2.21. The lowest BCUT2D eigenvalue weighted by Gasteiger charge is -2.07. The van der Waals surface area contributed by atoms with Crippen molar-refractivity contribution in [2.24, 2.45) is 0 Å². The van der Waals surface area contributed by atoms with Crippen LogP contribution in [0.3, 0.4) is 0 Å². The van der Waals surface area contributed by atoms with Gasteiger partial charge in [0.05, 0.1) is 11.4 Å². The molecule has 2 aromatic carbocycles. The summed E-state index contributed by atoms with van der Waals surface area (Å²) >= 11 is 1.08. The van der Waals surface area contributed by atoms with Gasteiger partial charge in [0.2, 0.25) is 0 Å². The van der Waals surface area contributed by atoms with Crippen LogP contribution in [0.25, 0.3) is 5.69 Å². The Balaban J connectivity index is 1.81. The van der Waals surface area contributed by atoms with Crippen molar-refractivity contribution in [2.45, 2.75) is 5.03 Å². The molecule has 0 bridgehead atoms. The molecule has 3 aromatic rings. The average molecular weight is 340 g/mol. The number of ketones is 1. The minimum Gasteiger partial charge on any atom is -0.293 e. The normalized spacial score (nSPS) is 10.5. The highest BCUT2D eigenvalue weighted by Gasteiger charge is 2.11. The standard InChI is InChI=1S/C18H13FN2O2S/c19-14-7-4-8-15(11-14)21-10-9-20-17(18(21)23)24-12-16(22)13-5-2-1-3-6-13/h1-11H,12H2. The first-order valence-corrected chi connectivity index (χ1v) is 8.18. The number of aromatic nitrogens is 2. The van der Waals surface area contributed by atoms with Gasteiger partial charge in [-0.25, -0.2) is 9.37 Å². The van der Waals surface area contributed by atoms with Crippen molar-refractivity contribution >= 4 is 17.5 Å². The van der Waals surface area contributed by atoms with Crippen molar-refractivity contribution in [3.8, 4) is 5.69 Å². The molecular weight excluding hydrogens is 327 g/mol. The number of halogens is 1. The zero-order valence-electron chi connectivity index (χ0n) is 12.6. The fourth-order valence-corrected chi connectivity index (χ4v) is 2.95. The molecule has 24 heavy (non-hydrogen) atoms. The molecule has 4 nitrogen and oxygen atoms in total. The van der Waals surface area contributed by atoms with Crippen LogP contribution in [0.4, 0.5) is 4.39 Å². The predicted molar refractivity (Wildman–Crippen MR) is 91.3 cm³/mol. The molecule has 0 fully saturated rings. The average Bonchev–Trinajstić information content (AvgIpc) is 2.61. The van der Waals surface area contributed by atoms with E-state index >= 15 is 0 Å². The maximum absolute atomic E-state index is 13.3. The Morgan fingerprint density at radius 2 is 1.92 bits per heavy atom. The van der Waals surface area contributed by atoms with Gasteiger partial charge in [-0.3, -0.25) is 14.2 Å². The van der Waals surface area contributed by atoms with Crippen molar-refractivity contribution < 1.29 is 9.18 Å². The largest absolute Gasteiger partial charge is 0.293 e. The minimum atomic E-state index is -0.426. The minimum absolute atomic E-state index is 0.0806. The molecule has 0 N–H and O–H groups in total. The van der Waals surface area contributed by atoms with E-state index in [9.17, 15) is 14.0 Å². The molecule has 1 heterocycles. The molecule has 0 spiro atoms. The number of thioether (sulfide) groups is 1. The van der Waals surface area contributed by atoms with Gasteiger partial charge in [0.25, 0.3) is 5.56 Å².